The molecule has 4 aromatic carbocycles. The summed E-state index contributed by atoms with van der Waals surface area (Å²) in [6.45, 7) is 0.426. The van der Waals surface area contributed by atoms with E-state index in [-0.39, 0.29) is 16.1 Å². The number of thioether (sulfide) groups is 1. The zero-order valence-corrected chi connectivity index (χ0v) is 23.5. The maximum Gasteiger partial charge on any atom is 0.293 e. The molecule has 5 aromatic rings. The van der Waals surface area contributed by atoms with E-state index in [0.29, 0.717) is 12.3 Å². The van der Waals surface area contributed by atoms with Crippen LogP contribution in [-0.4, -0.2) is 41.1 Å². The second kappa shape index (κ2) is 11.8. The number of anilines is 1. The van der Waals surface area contributed by atoms with Gasteiger partial charge >= 0.3 is 0 Å². The number of benzene rings is 4. The van der Waals surface area contributed by atoms with Gasteiger partial charge in [0.15, 0.2) is 0 Å². The highest BCUT2D eigenvalue weighted by atomic mass is 32.2. The highest BCUT2D eigenvalue weighted by Crippen LogP contribution is 2.28. The van der Waals surface area contributed by atoms with Gasteiger partial charge in [0.05, 0.1) is 27.2 Å². The number of imidazole rings is 1. The predicted molar refractivity (Wildman–Crippen MR) is 160 cm³/mol. The van der Waals surface area contributed by atoms with Gasteiger partial charge in [-0.1, -0.05) is 36.4 Å². The normalized spacial score (nSPS) is 11.3. The topological polar surface area (TPSA) is 136 Å². The standard InChI is InChI=1S/C29H25N5O5S2/c1-33-19-31-26-17-22(11-14-27(26)33)20-7-9-21(10-8-20)29(35)32-41(38,39)24-12-13-25(28(18-24)34(36)37)30-15-16-40-23-5-3-2-4-6-23/h2-14,17-19,30H,15-16H2,1H3,(H,32,35). The fourth-order valence-electron chi connectivity index (χ4n) is 4.22. The van der Waals surface area contributed by atoms with E-state index in [2.05, 4.69) is 10.3 Å². The molecule has 0 radical (unpaired) electrons. The lowest BCUT2D eigenvalue weighted by molar-refractivity contribution is -0.384. The van der Waals surface area contributed by atoms with Crippen LogP contribution in [-0.2, 0) is 17.1 Å². The number of aromatic nitrogens is 2. The van der Waals surface area contributed by atoms with Gasteiger partial charge in [0.1, 0.15) is 5.69 Å². The number of hydrogen-bond donors (Lipinski definition) is 2. The largest absolute Gasteiger partial charge is 0.379 e. The van der Waals surface area contributed by atoms with Crippen LogP contribution in [0.25, 0.3) is 22.2 Å². The van der Waals surface area contributed by atoms with Crippen LogP contribution in [0.3, 0.4) is 0 Å². The number of nitro benzene ring substituents is 1. The quantitative estimate of drug-likeness (QED) is 0.0950. The van der Waals surface area contributed by atoms with Gasteiger partial charge in [-0.25, -0.2) is 18.1 Å². The Bertz CT molecular complexity index is 1840. The van der Waals surface area contributed by atoms with Gasteiger partial charge in [-0.3, -0.25) is 14.9 Å². The summed E-state index contributed by atoms with van der Waals surface area (Å²) >= 11 is 1.59. The van der Waals surface area contributed by atoms with Crippen LogP contribution < -0.4 is 10.0 Å². The molecule has 41 heavy (non-hydrogen) atoms. The van der Waals surface area contributed by atoms with Crippen LogP contribution in [0.4, 0.5) is 11.4 Å². The molecule has 0 aliphatic rings. The Kier molecular flexibility index (Phi) is 8.04. The molecule has 208 valence electrons. The monoisotopic (exact) mass is 587 g/mol. The van der Waals surface area contributed by atoms with E-state index in [1.165, 1.54) is 24.3 Å². The Labute approximate surface area is 240 Å². The molecule has 0 atom stereocenters. The fourth-order valence-corrected chi connectivity index (χ4v) is 6.00. The number of nitrogens with zero attached hydrogens (tertiary/aromatic N) is 3. The van der Waals surface area contributed by atoms with Crippen LogP contribution >= 0.6 is 11.8 Å². The van der Waals surface area contributed by atoms with E-state index >= 15 is 0 Å². The second-order valence-electron chi connectivity index (χ2n) is 9.10. The lowest BCUT2D eigenvalue weighted by atomic mass is 10.0. The Morgan fingerprint density at radius 1 is 0.976 bits per heavy atom. The maximum absolute atomic E-state index is 12.9. The van der Waals surface area contributed by atoms with Crippen LogP contribution in [0, 0.1) is 10.1 Å². The Balaban J connectivity index is 1.25. The van der Waals surface area contributed by atoms with Crippen molar-refractivity contribution in [3.8, 4) is 11.1 Å². The van der Waals surface area contributed by atoms with Crippen molar-refractivity contribution in [2.24, 2.45) is 7.05 Å². The van der Waals surface area contributed by atoms with Crippen LogP contribution in [0.15, 0.2) is 107 Å². The van der Waals surface area contributed by atoms with Crippen molar-refractivity contribution in [3.05, 3.63) is 113 Å². The number of hydrogen-bond acceptors (Lipinski definition) is 8. The minimum Gasteiger partial charge on any atom is -0.379 e. The van der Waals surface area contributed by atoms with E-state index in [9.17, 15) is 23.3 Å². The van der Waals surface area contributed by atoms with Gasteiger partial charge in [-0.2, -0.15) is 0 Å². The maximum atomic E-state index is 12.9. The molecular weight excluding hydrogens is 562 g/mol. The molecule has 0 aliphatic carbocycles. The summed E-state index contributed by atoms with van der Waals surface area (Å²) in [6.07, 6.45) is 1.73. The molecule has 0 unspecified atom stereocenters. The zero-order chi connectivity index (χ0) is 29.0. The van der Waals surface area contributed by atoms with E-state index in [1.54, 1.807) is 30.2 Å². The summed E-state index contributed by atoms with van der Waals surface area (Å²) in [6, 6.07) is 25.5. The van der Waals surface area contributed by atoms with Crippen LogP contribution in [0.2, 0.25) is 0 Å². The molecule has 1 amide bonds. The van der Waals surface area contributed by atoms with E-state index in [4.69, 9.17) is 0 Å². The number of carbonyl (C=O) groups is 1. The third-order valence-corrected chi connectivity index (χ3v) is 8.68. The number of fused-ring (bicyclic) bond motifs is 1. The number of amides is 1. The molecule has 0 bridgehead atoms. The number of nitro groups is 1. The molecule has 5 rings (SSSR count). The van der Waals surface area contributed by atoms with Gasteiger partial charge < -0.3 is 9.88 Å². The molecule has 1 aromatic heterocycles. The fraction of sp³-hybridized carbons (Fsp3) is 0.103. The molecule has 0 saturated heterocycles. The number of nitrogens with one attached hydrogen (secondary N) is 2. The molecule has 0 aliphatic heterocycles. The third kappa shape index (κ3) is 6.39. The summed E-state index contributed by atoms with van der Waals surface area (Å²) in [7, 11) is -2.46. The van der Waals surface area contributed by atoms with Gasteiger partial charge in [0, 0.05) is 35.9 Å². The molecular formula is C29H25N5O5S2. The number of sulfonamides is 1. The molecule has 10 nitrogen and oxygen atoms in total. The number of rotatable bonds is 10. The number of aryl methyl sites for hydroxylation is 1. The lowest BCUT2D eigenvalue weighted by Gasteiger charge is -2.11. The minimum atomic E-state index is -4.37. The number of carbonyl (C=O) groups excluding carboxylic acids is 1. The van der Waals surface area contributed by atoms with Crippen molar-refractivity contribution in [2.75, 3.05) is 17.6 Å². The average Bonchev–Trinajstić information content (AvgIpc) is 3.35. The van der Waals surface area contributed by atoms with E-state index in [1.807, 2.05) is 64.9 Å². The smallest absolute Gasteiger partial charge is 0.293 e. The first-order chi connectivity index (χ1) is 19.7. The molecule has 0 spiro atoms. The summed E-state index contributed by atoms with van der Waals surface area (Å²) in [5.74, 6) is -0.201. The average molecular weight is 588 g/mol. The van der Waals surface area contributed by atoms with Crippen molar-refractivity contribution in [2.45, 2.75) is 9.79 Å². The summed E-state index contributed by atoms with van der Waals surface area (Å²) in [5, 5.41) is 14.7. The summed E-state index contributed by atoms with van der Waals surface area (Å²) in [4.78, 5) is 28.9. The van der Waals surface area contributed by atoms with E-state index in [0.717, 1.165) is 33.1 Å². The molecule has 0 saturated carbocycles. The van der Waals surface area contributed by atoms with Crippen LogP contribution in [0.1, 0.15) is 10.4 Å². The second-order valence-corrected chi connectivity index (χ2v) is 11.9. The van der Waals surface area contributed by atoms with Crippen molar-refractivity contribution in [1.82, 2.24) is 14.3 Å². The van der Waals surface area contributed by atoms with Crippen molar-refractivity contribution < 1.29 is 18.1 Å². The Hall–Kier alpha value is -4.68. The first kappa shape index (κ1) is 27.9. The Morgan fingerprint density at radius 2 is 1.71 bits per heavy atom. The molecule has 2 N–H and O–H groups in total. The highest BCUT2D eigenvalue weighted by molar-refractivity contribution is 7.99. The first-order valence-electron chi connectivity index (χ1n) is 12.5. The van der Waals surface area contributed by atoms with Crippen LogP contribution in [0.5, 0.6) is 0 Å². The predicted octanol–water partition coefficient (Wildman–Crippen LogP) is 5.47. The minimum absolute atomic E-state index is 0.125. The van der Waals surface area contributed by atoms with Gasteiger partial charge in [-0.05, 0) is 59.7 Å². The molecule has 1 heterocycles. The van der Waals surface area contributed by atoms with Crippen molar-refractivity contribution in [3.63, 3.8) is 0 Å². The van der Waals surface area contributed by atoms with Crippen molar-refractivity contribution >= 4 is 50.1 Å². The van der Waals surface area contributed by atoms with Gasteiger partial charge in [0.25, 0.3) is 21.6 Å². The summed E-state index contributed by atoms with van der Waals surface area (Å²) < 4.78 is 29.8. The summed E-state index contributed by atoms with van der Waals surface area (Å²) in [5.41, 5.74) is 3.46. The zero-order valence-electron chi connectivity index (χ0n) is 21.9. The van der Waals surface area contributed by atoms with E-state index < -0.39 is 26.5 Å². The van der Waals surface area contributed by atoms with Gasteiger partial charge in [-0.15, -0.1) is 11.8 Å². The SMILES string of the molecule is Cn1cnc2cc(-c3ccc(C(=O)NS(=O)(=O)c4ccc(NCCSc5ccccc5)c([N+](=O)[O-])c4)cc3)ccc21. The molecule has 0 fully saturated rings. The Morgan fingerprint density at radius 3 is 2.44 bits per heavy atom. The third-order valence-electron chi connectivity index (χ3n) is 6.34. The van der Waals surface area contributed by atoms with Gasteiger partial charge in [0.2, 0.25) is 0 Å². The van der Waals surface area contributed by atoms with Crippen molar-refractivity contribution in [1.29, 1.82) is 0 Å². The molecule has 12 heteroatoms. The lowest BCUT2D eigenvalue weighted by Crippen LogP contribution is -2.30. The first-order valence-corrected chi connectivity index (χ1v) is 15.0. The highest BCUT2D eigenvalue weighted by Gasteiger charge is 2.24.